The van der Waals surface area contributed by atoms with Crippen molar-refractivity contribution < 1.29 is 48.9 Å². The van der Waals surface area contributed by atoms with E-state index in [1.807, 2.05) is 0 Å². The van der Waals surface area contributed by atoms with Crippen LogP contribution < -0.4 is 0 Å². The van der Waals surface area contributed by atoms with Crippen molar-refractivity contribution in [3.63, 3.8) is 0 Å². The molecule has 0 aliphatic heterocycles. The first-order chi connectivity index (χ1) is 9.45. The Labute approximate surface area is 117 Å². The first-order valence-corrected chi connectivity index (χ1v) is 6.97. The fourth-order valence-corrected chi connectivity index (χ4v) is 2.44. The SMILES string of the molecule is C=C(C(=O)O)C1=C(C(=O)O)C[C@@H](O)[C@H](O)[C@@H]1OP(=O)(O)O. The Morgan fingerprint density at radius 3 is 2.14 bits per heavy atom. The quantitative estimate of drug-likeness (QED) is 0.260. The van der Waals surface area contributed by atoms with Gasteiger partial charge in [0.1, 0.15) is 12.2 Å². The fourth-order valence-electron chi connectivity index (χ4n) is 1.92. The Bertz CT molecular complexity index is 558. The average molecular weight is 324 g/mol. The van der Waals surface area contributed by atoms with E-state index < -0.39 is 61.2 Å². The maximum atomic E-state index is 11.1. The van der Waals surface area contributed by atoms with Crippen LogP contribution in [0.2, 0.25) is 0 Å². The molecule has 0 aromatic rings. The number of hydrogen-bond donors (Lipinski definition) is 6. The van der Waals surface area contributed by atoms with Gasteiger partial charge in [-0.3, -0.25) is 4.52 Å². The molecule has 0 heterocycles. The highest BCUT2D eigenvalue weighted by atomic mass is 31.2. The van der Waals surface area contributed by atoms with Crippen LogP contribution in [0.4, 0.5) is 0 Å². The molecule has 0 unspecified atom stereocenters. The van der Waals surface area contributed by atoms with Crippen LogP contribution >= 0.6 is 7.82 Å². The third-order valence-corrected chi connectivity index (χ3v) is 3.32. The second-order valence-corrected chi connectivity index (χ2v) is 5.45. The Morgan fingerprint density at radius 2 is 1.76 bits per heavy atom. The van der Waals surface area contributed by atoms with E-state index in [9.17, 15) is 24.4 Å². The zero-order valence-electron chi connectivity index (χ0n) is 10.4. The molecule has 3 atom stereocenters. The van der Waals surface area contributed by atoms with Gasteiger partial charge in [-0.2, -0.15) is 0 Å². The van der Waals surface area contributed by atoms with Crippen molar-refractivity contribution in [3.8, 4) is 0 Å². The lowest BCUT2D eigenvalue weighted by molar-refractivity contribution is -0.134. The second-order valence-electron chi connectivity index (χ2n) is 4.26. The fraction of sp³-hybridized carbons (Fsp3) is 0.400. The zero-order chi connectivity index (χ0) is 16.5. The number of aliphatic hydroxyl groups is 2. The molecule has 0 spiro atoms. The van der Waals surface area contributed by atoms with Crippen molar-refractivity contribution in [2.75, 3.05) is 0 Å². The van der Waals surface area contributed by atoms with E-state index >= 15 is 0 Å². The van der Waals surface area contributed by atoms with Crippen molar-refractivity contribution in [2.24, 2.45) is 0 Å². The number of carboxylic acids is 2. The molecule has 0 aromatic carbocycles. The minimum atomic E-state index is -5.19. The Morgan fingerprint density at radius 1 is 1.24 bits per heavy atom. The van der Waals surface area contributed by atoms with Crippen LogP contribution in [0.15, 0.2) is 23.3 Å². The summed E-state index contributed by atoms with van der Waals surface area (Å²) in [4.78, 5) is 39.6. The van der Waals surface area contributed by atoms with Gasteiger partial charge < -0.3 is 30.2 Å². The molecular formula is C10H13O10P. The molecule has 118 valence electrons. The number of carboxylic acid groups (broad SMARTS) is 2. The van der Waals surface area contributed by atoms with Crippen LogP contribution in [0.25, 0.3) is 0 Å². The number of aliphatic carboxylic acids is 2. The maximum absolute atomic E-state index is 11.1. The molecule has 0 radical (unpaired) electrons. The van der Waals surface area contributed by atoms with Crippen LogP contribution in [-0.2, 0) is 18.7 Å². The van der Waals surface area contributed by atoms with Crippen LogP contribution in [0.3, 0.4) is 0 Å². The Hall–Kier alpha value is -1.55. The summed E-state index contributed by atoms with van der Waals surface area (Å²) in [6.45, 7) is 3.10. The van der Waals surface area contributed by atoms with Gasteiger partial charge in [-0.25, -0.2) is 14.2 Å². The van der Waals surface area contributed by atoms with Gasteiger partial charge in [-0.15, -0.1) is 0 Å². The van der Waals surface area contributed by atoms with E-state index in [1.165, 1.54) is 0 Å². The molecule has 1 rings (SSSR count). The van der Waals surface area contributed by atoms with E-state index in [2.05, 4.69) is 11.1 Å². The normalized spacial score (nSPS) is 26.6. The summed E-state index contributed by atoms with van der Waals surface area (Å²) in [5, 5.41) is 37.2. The first kappa shape index (κ1) is 17.5. The summed E-state index contributed by atoms with van der Waals surface area (Å²) >= 11 is 0. The van der Waals surface area contributed by atoms with Gasteiger partial charge in [0.15, 0.2) is 0 Å². The molecule has 21 heavy (non-hydrogen) atoms. The molecule has 10 nitrogen and oxygen atoms in total. The summed E-state index contributed by atoms with van der Waals surface area (Å²) in [5.41, 5.74) is -2.15. The number of rotatable bonds is 5. The second kappa shape index (κ2) is 6.06. The topological polar surface area (TPSA) is 182 Å². The smallest absolute Gasteiger partial charge is 0.470 e. The van der Waals surface area contributed by atoms with Crippen LogP contribution in [0, 0.1) is 0 Å². The highest BCUT2D eigenvalue weighted by Gasteiger charge is 2.44. The Balaban J connectivity index is 3.47. The van der Waals surface area contributed by atoms with Crippen molar-refractivity contribution in [3.05, 3.63) is 23.3 Å². The molecule has 0 bridgehead atoms. The molecule has 1 aliphatic rings. The van der Waals surface area contributed by atoms with Crippen LogP contribution in [0.5, 0.6) is 0 Å². The highest BCUT2D eigenvalue weighted by molar-refractivity contribution is 7.46. The van der Waals surface area contributed by atoms with Crippen LogP contribution in [-0.4, -0.2) is 60.5 Å². The molecule has 0 saturated heterocycles. The van der Waals surface area contributed by atoms with Crippen molar-refractivity contribution in [1.82, 2.24) is 0 Å². The number of hydrogen-bond acceptors (Lipinski definition) is 6. The van der Waals surface area contributed by atoms with Crippen molar-refractivity contribution in [1.29, 1.82) is 0 Å². The van der Waals surface area contributed by atoms with Gasteiger partial charge in [0.2, 0.25) is 0 Å². The lowest BCUT2D eigenvalue weighted by Crippen LogP contribution is -2.46. The number of carbonyl (C=O) groups is 2. The van der Waals surface area contributed by atoms with Crippen LogP contribution in [0.1, 0.15) is 6.42 Å². The van der Waals surface area contributed by atoms with E-state index in [-0.39, 0.29) is 0 Å². The summed E-state index contributed by atoms with van der Waals surface area (Å²) < 4.78 is 15.1. The van der Waals surface area contributed by atoms with E-state index in [4.69, 9.17) is 20.0 Å². The molecule has 0 fully saturated rings. The highest BCUT2D eigenvalue weighted by Crippen LogP contribution is 2.44. The van der Waals surface area contributed by atoms with E-state index in [1.54, 1.807) is 0 Å². The number of aliphatic hydroxyl groups excluding tert-OH is 2. The molecule has 11 heteroatoms. The lowest BCUT2D eigenvalue weighted by Gasteiger charge is -2.34. The number of phosphoric acid groups is 1. The predicted octanol–water partition coefficient (Wildman–Crippen LogP) is -1.39. The summed E-state index contributed by atoms with van der Waals surface area (Å²) in [7, 11) is -5.19. The molecule has 0 aromatic heterocycles. The standard InChI is InChI=1S/C10H13O10P/c1-3(9(13)14)6-4(10(15)16)2-5(11)7(12)8(6)20-21(17,18)19/h5,7-8,11-12H,1-2H2,(H,13,14)(H,15,16)(H2,17,18,19)/t5-,7+,8-/m1/s1. The molecular weight excluding hydrogens is 311 g/mol. The van der Waals surface area contributed by atoms with Gasteiger partial charge in [-0.1, -0.05) is 6.58 Å². The summed E-state index contributed by atoms with van der Waals surface area (Å²) in [6, 6.07) is 0. The third-order valence-electron chi connectivity index (χ3n) is 2.82. The van der Waals surface area contributed by atoms with Gasteiger partial charge in [0.25, 0.3) is 0 Å². The third kappa shape index (κ3) is 3.97. The maximum Gasteiger partial charge on any atom is 0.470 e. The largest absolute Gasteiger partial charge is 0.478 e. The van der Waals surface area contributed by atoms with Gasteiger partial charge in [-0.05, 0) is 0 Å². The summed E-state index contributed by atoms with van der Waals surface area (Å²) in [6.07, 6.45) is -6.28. The van der Waals surface area contributed by atoms with Gasteiger partial charge in [0.05, 0.1) is 11.7 Å². The van der Waals surface area contributed by atoms with Gasteiger partial charge in [0, 0.05) is 17.6 Å². The predicted molar refractivity (Wildman–Crippen MR) is 65.0 cm³/mol. The molecule has 6 N–H and O–H groups in total. The van der Waals surface area contributed by atoms with E-state index in [0.29, 0.717) is 0 Å². The summed E-state index contributed by atoms with van der Waals surface area (Å²) in [5.74, 6) is -3.29. The van der Waals surface area contributed by atoms with Crippen molar-refractivity contribution >= 4 is 19.8 Å². The van der Waals surface area contributed by atoms with Crippen molar-refractivity contribution in [2.45, 2.75) is 24.7 Å². The minimum Gasteiger partial charge on any atom is -0.478 e. The zero-order valence-corrected chi connectivity index (χ0v) is 11.3. The minimum absolute atomic E-state index is 0.626. The Kier molecular flexibility index (Phi) is 5.05. The molecule has 0 amide bonds. The van der Waals surface area contributed by atoms with E-state index in [0.717, 1.165) is 0 Å². The van der Waals surface area contributed by atoms with Gasteiger partial charge >= 0.3 is 19.8 Å². The average Bonchev–Trinajstić information content (AvgIpc) is 2.32. The first-order valence-electron chi connectivity index (χ1n) is 5.44. The lowest BCUT2D eigenvalue weighted by atomic mass is 9.82. The molecule has 0 saturated carbocycles. The molecule has 1 aliphatic carbocycles. The number of phosphoric ester groups is 1. The monoisotopic (exact) mass is 324 g/mol.